The molecule has 0 N–H and O–H groups in total. The predicted octanol–water partition coefficient (Wildman–Crippen LogP) is 1.20. The molecule has 0 fully saturated rings. The van der Waals surface area contributed by atoms with Crippen LogP contribution in [0.3, 0.4) is 0 Å². The molecule has 104 valence electrons. The van der Waals surface area contributed by atoms with Crippen LogP contribution in [-0.4, -0.2) is 50.4 Å². The summed E-state index contributed by atoms with van der Waals surface area (Å²) in [6.45, 7) is 6.32. The van der Waals surface area contributed by atoms with Crippen LogP contribution < -0.4 is 0 Å². The van der Waals surface area contributed by atoms with E-state index in [-0.39, 0.29) is 11.5 Å². The van der Waals surface area contributed by atoms with Gasteiger partial charge in [0.05, 0.1) is 0 Å². The molecule has 6 nitrogen and oxygen atoms in total. The van der Waals surface area contributed by atoms with Crippen LogP contribution in [0.2, 0.25) is 7.96 Å². The second-order valence-corrected chi connectivity index (χ2v) is 23.7. The maximum atomic E-state index is 11.5. The van der Waals surface area contributed by atoms with Crippen molar-refractivity contribution < 1.29 is 21.1 Å². The molecular formula is C8H20O6PbS2. The Morgan fingerprint density at radius 1 is 0.765 bits per heavy atom. The minimum absolute atomic E-state index is 0.176. The molecule has 0 aliphatic rings. The fourth-order valence-corrected chi connectivity index (χ4v) is 24.8. The first kappa shape index (κ1) is 17.7. The fourth-order valence-electron chi connectivity index (χ4n) is 1.08. The molecule has 0 saturated heterocycles. The van der Waals surface area contributed by atoms with Gasteiger partial charge in [0, 0.05) is 0 Å². The van der Waals surface area contributed by atoms with Crippen LogP contribution in [0.4, 0.5) is 0 Å². The van der Waals surface area contributed by atoms with E-state index in [1.807, 2.05) is 0 Å². The van der Waals surface area contributed by atoms with Gasteiger partial charge in [0.25, 0.3) is 0 Å². The first-order valence-corrected chi connectivity index (χ1v) is 17.3. The maximum absolute atomic E-state index is 11.5. The van der Waals surface area contributed by atoms with Gasteiger partial charge in [-0.25, -0.2) is 0 Å². The molecule has 0 spiro atoms. The molecule has 0 aromatic heterocycles. The summed E-state index contributed by atoms with van der Waals surface area (Å²) >= 11 is -4.20. The standard InChI is InChI=1S/2C2H6O3S.2C2H5.Pb/c2*1-2-6(3,4)5;2*1-2;/h2*2H2,1H3,(H,3,4,5);2*1H2,2H3;/q;;;;+2/p-2. The van der Waals surface area contributed by atoms with Crippen LogP contribution >= 0.6 is 0 Å². The monoisotopic (exact) mass is 484 g/mol. The second-order valence-electron chi connectivity index (χ2n) is 3.48. The normalized spacial score (nSPS) is 13.9. The number of rotatable bonds is 8. The quantitative estimate of drug-likeness (QED) is 0.483. The van der Waals surface area contributed by atoms with Crippen LogP contribution in [-0.2, 0) is 24.5 Å². The van der Waals surface area contributed by atoms with Crippen molar-refractivity contribution in [3.8, 4) is 0 Å². The zero-order valence-electron chi connectivity index (χ0n) is 10.6. The van der Waals surface area contributed by atoms with E-state index in [0.717, 1.165) is 0 Å². The van der Waals surface area contributed by atoms with Crippen LogP contribution in [0.1, 0.15) is 27.7 Å². The van der Waals surface area contributed by atoms with Crippen molar-refractivity contribution in [2.75, 3.05) is 11.5 Å². The van der Waals surface area contributed by atoms with Gasteiger partial charge in [0.2, 0.25) is 0 Å². The summed E-state index contributed by atoms with van der Waals surface area (Å²) in [5.74, 6) is -0.353. The zero-order valence-corrected chi connectivity index (χ0v) is 16.1. The predicted molar refractivity (Wildman–Crippen MR) is 67.8 cm³/mol. The van der Waals surface area contributed by atoms with Crippen molar-refractivity contribution in [2.24, 2.45) is 0 Å². The molecule has 0 saturated carbocycles. The molecular weight excluding hydrogens is 463 g/mol. The third-order valence-electron chi connectivity index (χ3n) is 2.34. The Kier molecular flexibility index (Phi) is 7.07. The second kappa shape index (κ2) is 6.78. The van der Waals surface area contributed by atoms with Crippen molar-refractivity contribution in [2.45, 2.75) is 35.7 Å². The Bertz CT molecular complexity index is 385. The summed E-state index contributed by atoms with van der Waals surface area (Å²) in [5.41, 5.74) is 0. The van der Waals surface area contributed by atoms with Crippen LogP contribution in [0.25, 0.3) is 0 Å². The van der Waals surface area contributed by atoms with Crippen molar-refractivity contribution in [3.05, 3.63) is 0 Å². The van der Waals surface area contributed by atoms with Gasteiger partial charge in [-0.15, -0.1) is 0 Å². The Morgan fingerprint density at radius 3 is 1.24 bits per heavy atom. The van der Waals surface area contributed by atoms with Crippen LogP contribution in [0.5, 0.6) is 0 Å². The van der Waals surface area contributed by atoms with E-state index in [4.69, 9.17) is 4.27 Å². The van der Waals surface area contributed by atoms with Gasteiger partial charge in [0.1, 0.15) is 0 Å². The molecule has 0 amide bonds. The van der Waals surface area contributed by atoms with Gasteiger partial charge in [-0.1, -0.05) is 0 Å². The Morgan fingerprint density at radius 2 is 1.06 bits per heavy atom. The topological polar surface area (TPSA) is 86.7 Å². The van der Waals surface area contributed by atoms with Gasteiger partial charge in [-0.05, 0) is 0 Å². The first-order chi connectivity index (χ1) is 7.66. The van der Waals surface area contributed by atoms with Gasteiger partial charge in [-0.2, -0.15) is 0 Å². The number of hydrogen-bond donors (Lipinski definition) is 0. The van der Waals surface area contributed by atoms with Gasteiger partial charge >= 0.3 is 111 Å². The molecule has 0 aromatic carbocycles. The minimum atomic E-state index is -4.20. The SMILES string of the molecule is CCS(=O)(=O)[O][Pb]([CH2]C)([CH2]C)[O]S(=O)(=O)CC. The molecule has 17 heavy (non-hydrogen) atoms. The van der Waals surface area contributed by atoms with Gasteiger partial charge in [-0.3, -0.25) is 0 Å². The van der Waals surface area contributed by atoms with Crippen molar-refractivity contribution >= 4 is 42.3 Å². The molecule has 0 unspecified atom stereocenters. The number of hydrogen-bond acceptors (Lipinski definition) is 6. The molecule has 0 aromatic rings. The summed E-state index contributed by atoms with van der Waals surface area (Å²) < 4.78 is 56.8. The van der Waals surface area contributed by atoms with E-state index in [1.54, 1.807) is 13.8 Å². The Hall–Kier alpha value is 0.742. The zero-order chi connectivity index (χ0) is 13.7. The van der Waals surface area contributed by atoms with Crippen molar-refractivity contribution in [3.63, 3.8) is 0 Å². The third kappa shape index (κ3) is 5.94. The van der Waals surface area contributed by atoms with E-state index in [0.29, 0.717) is 7.96 Å². The average Bonchev–Trinajstić information content (AvgIpc) is 2.27. The average molecular weight is 484 g/mol. The van der Waals surface area contributed by atoms with Gasteiger partial charge < -0.3 is 0 Å². The van der Waals surface area contributed by atoms with Gasteiger partial charge in [0.15, 0.2) is 0 Å². The van der Waals surface area contributed by atoms with Crippen molar-refractivity contribution in [1.82, 2.24) is 0 Å². The van der Waals surface area contributed by atoms with Crippen LogP contribution in [0, 0.1) is 0 Å². The fraction of sp³-hybridized carbons (Fsp3) is 1.00. The third-order valence-corrected chi connectivity index (χ3v) is 26.3. The molecule has 0 atom stereocenters. The van der Waals surface area contributed by atoms with E-state index in [2.05, 4.69) is 0 Å². The first-order valence-electron chi connectivity index (χ1n) is 5.52. The summed E-state index contributed by atoms with van der Waals surface area (Å²) in [6, 6.07) is 0. The molecule has 0 radical (unpaired) electrons. The molecule has 9 heteroatoms. The molecule has 0 rings (SSSR count). The molecule has 0 bridgehead atoms. The summed E-state index contributed by atoms with van der Waals surface area (Å²) in [5, 5.41) is 0. The summed E-state index contributed by atoms with van der Waals surface area (Å²) in [4.78, 5) is 0. The molecule has 0 aliphatic heterocycles. The summed E-state index contributed by atoms with van der Waals surface area (Å²) in [6.07, 6.45) is 0. The Labute approximate surface area is 110 Å². The van der Waals surface area contributed by atoms with E-state index >= 15 is 0 Å². The van der Waals surface area contributed by atoms with Crippen LogP contribution in [0.15, 0.2) is 0 Å². The van der Waals surface area contributed by atoms with E-state index in [9.17, 15) is 16.8 Å². The Balaban J connectivity index is 5.19. The summed E-state index contributed by atoms with van der Waals surface area (Å²) in [7, 11) is -7.35. The van der Waals surface area contributed by atoms with Crippen molar-refractivity contribution in [1.29, 1.82) is 0 Å². The molecule has 0 heterocycles. The van der Waals surface area contributed by atoms with E-state index in [1.165, 1.54) is 13.8 Å². The van der Waals surface area contributed by atoms with E-state index < -0.39 is 42.3 Å². The molecule has 0 aliphatic carbocycles.